The Labute approximate surface area is 102 Å². The lowest BCUT2D eigenvalue weighted by molar-refractivity contribution is -0.138. The minimum atomic E-state index is -0.994. The lowest BCUT2D eigenvalue weighted by Gasteiger charge is -2.07. The van der Waals surface area contributed by atoms with Gasteiger partial charge in [0.2, 0.25) is 0 Å². The topological polar surface area (TPSA) is 72.5 Å². The van der Waals surface area contributed by atoms with Crippen LogP contribution in [0.4, 0.5) is 0 Å². The van der Waals surface area contributed by atoms with Crippen LogP contribution in [-0.2, 0) is 11.2 Å². The fourth-order valence-corrected chi connectivity index (χ4v) is 1.24. The molecule has 0 bridgehead atoms. The second-order valence-corrected chi connectivity index (χ2v) is 3.62. The minimum Gasteiger partial charge on any atom is -0.480 e. The molecule has 1 rings (SSSR count). The molecule has 0 saturated carbocycles. The van der Waals surface area contributed by atoms with E-state index in [0.29, 0.717) is 12.2 Å². The standard InChI is InChI=1S/C11H12NO3.Al/c1-2-15-9-5-3-8(4-6-9)7-10(12)11(13)14;/h1-6,10H,7,12H2,(H,13,14);/t10-;/m0./s1. The fraction of sp³-hybridized carbons (Fsp3) is 0.182. The second-order valence-electron chi connectivity index (χ2n) is 3.24. The van der Waals surface area contributed by atoms with Crippen molar-refractivity contribution in [3.8, 4) is 5.75 Å². The van der Waals surface area contributed by atoms with Crippen molar-refractivity contribution >= 4 is 22.3 Å². The SMILES string of the molecule is N[C@@H](Cc1ccc(O/C=[CH]/[Al])cc1)C(=O)O. The molecular weight excluding hydrogens is 221 g/mol. The van der Waals surface area contributed by atoms with Crippen LogP contribution in [0.3, 0.4) is 0 Å². The molecule has 2 radical (unpaired) electrons. The van der Waals surface area contributed by atoms with Crippen LogP contribution in [0, 0.1) is 0 Å². The minimum absolute atomic E-state index is 0.315. The fourth-order valence-electron chi connectivity index (χ4n) is 1.16. The predicted octanol–water partition coefficient (Wildman–Crippen LogP) is 0.660. The molecule has 0 fully saturated rings. The zero-order valence-corrected chi connectivity index (χ0v) is 9.82. The number of rotatable bonds is 5. The van der Waals surface area contributed by atoms with E-state index in [1.54, 1.807) is 35.5 Å². The summed E-state index contributed by atoms with van der Waals surface area (Å²) in [5.74, 6) is -0.294. The van der Waals surface area contributed by atoms with Gasteiger partial charge in [-0.3, -0.25) is 4.79 Å². The Kier molecular flexibility index (Phi) is 5.07. The zero-order valence-electron chi connectivity index (χ0n) is 8.67. The summed E-state index contributed by atoms with van der Waals surface area (Å²) in [7, 11) is 0. The van der Waals surface area contributed by atoms with E-state index in [4.69, 9.17) is 15.6 Å². The Hall–Kier alpha value is -1.28. The summed E-state index contributed by atoms with van der Waals surface area (Å²) in [5.41, 5.74) is 6.29. The van der Waals surface area contributed by atoms with Crippen LogP contribution in [0.25, 0.3) is 0 Å². The van der Waals surface area contributed by atoms with Gasteiger partial charge in [-0.05, 0) is 24.1 Å². The molecule has 16 heavy (non-hydrogen) atoms. The number of ether oxygens (including phenoxy) is 1. The van der Waals surface area contributed by atoms with Crippen molar-refractivity contribution in [2.45, 2.75) is 12.5 Å². The van der Waals surface area contributed by atoms with Crippen LogP contribution in [-0.4, -0.2) is 33.4 Å². The molecule has 4 nitrogen and oxygen atoms in total. The van der Waals surface area contributed by atoms with Gasteiger partial charge in [-0.25, -0.2) is 0 Å². The summed E-state index contributed by atoms with van der Waals surface area (Å²) in [6.45, 7) is 0. The number of benzene rings is 1. The molecule has 0 aromatic heterocycles. The molecule has 0 saturated heterocycles. The number of carboxylic acids is 1. The Morgan fingerprint density at radius 2 is 2.12 bits per heavy atom. The van der Waals surface area contributed by atoms with Crippen molar-refractivity contribution in [2.24, 2.45) is 5.73 Å². The number of nitrogens with two attached hydrogens (primary N) is 1. The maximum atomic E-state index is 10.6. The van der Waals surface area contributed by atoms with Gasteiger partial charge in [-0.15, -0.1) is 4.94 Å². The molecule has 0 spiro atoms. The summed E-state index contributed by atoms with van der Waals surface area (Å²) in [6.07, 6.45) is 1.86. The van der Waals surface area contributed by atoms with Crippen molar-refractivity contribution in [1.29, 1.82) is 0 Å². The number of aliphatic carboxylic acids is 1. The monoisotopic (exact) mass is 233 g/mol. The van der Waals surface area contributed by atoms with E-state index in [0.717, 1.165) is 5.56 Å². The van der Waals surface area contributed by atoms with Gasteiger partial charge >= 0.3 is 5.97 Å². The highest BCUT2D eigenvalue weighted by Crippen LogP contribution is 2.13. The Morgan fingerprint density at radius 1 is 1.50 bits per heavy atom. The molecule has 3 N–H and O–H groups in total. The zero-order chi connectivity index (χ0) is 12.0. The van der Waals surface area contributed by atoms with E-state index in [9.17, 15) is 4.79 Å². The van der Waals surface area contributed by atoms with Gasteiger partial charge in [0, 0.05) is 0 Å². The molecule has 1 aromatic rings. The molecule has 1 atom stereocenters. The second kappa shape index (κ2) is 6.34. The summed E-state index contributed by atoms with van der Waals surface area (Å²) in [6, 6.07) is 6.28. The van der Waals surface area contributed by atoms with Crippen LogP contribution in [0.5, 0.6) is 5.75 Å². The van der Waals surface area contributed by atoms with E-state index in [1.807, 2.05) is 0 Å². The average Bonchev–Trinajstić information content (AvgIpc) is 2.28. The molecular formula is C11H12AlNO3. The molecule has 0 aliphatic rings. The highest BCUT2D eigenvalue weighted by Gasteiger charge is 2.11. The summed E-state index contributed by atoms with van der Waals surface area (Å²) < 4.78 is 5.21. The van der Waals surface area contributed by atoms with Gasteiger partial charge in [0.25, 0.3) is 0 Å². The molecule has 82 valence electrons. The van der Waals surface area contributed by atoms with E-state index in [-0.39, 0.29) is 0 Å². The van der Waals surface area contributed by atoms with Gasteiger partial charge in [-0.1, -0.05) is 12.1 Å². The highest BCUT2D eigenvalue weighted by molar-refractivity contribution is 6.16. The molecule has 5 heteroatoms. The first kappa shape index (κ1) is 12.8. The predicted molar refractivity (Wildman–Crippen MR) is 61.3 cm³/mol. The number of hydrogen-bond acceptors (Lipinski definition) is 3. The average molecular weight is 233 g/mol. The maximum Gasteiger partial charge on any atom is 0.320 e. The smallest absolute Gasteiger partial charge is 0.320 e. The third kappa shape index (κ3) is 4.07. The van der Waals surface area contributed by atoms with E-state index in [2.05, 4.69) is 16.3 Å². The van der Waals surface area contributed by atoms with Gasteiger partial charge in [-0.2, -0.15) is 0 Å². The molecule has 0 aliphatic carbocycles. The first-order valence-electron chi connectivity index (χ1n) is 4.74. The van der Waals surface area contributed by atoms with Gasteiger partial charge in [0.1, 0.15) is 11.8 Å². The lowest BCUT2D eigenvalue weighted by atomic mass is 10.1. The van der Waals surface area contributed by atoms with Crippen LogP contribution in [0.2, 0.25) is 0 Å². The van der Waals surface area contributed by atoms with E-state index in [1.165, 1.54) is 0 Å². The number of carbonyl (C=O) groups is 1. The third-order valence-electron chi connectivity index (χ3n) is 1.98. The van der Waals surface area contributed by atoms with Gasteiger partial charge < -0.3 is 15.6 Å². The Bertz CT molecular complexity index is 375. The van der Waals surface area contributed by atoms with Gasteiger partial charge in [0.05, 0.1) is 6.26 Å². The number of hydrogen-bond donors (Lipinski definition) is 2. The number of carboxylic acid groups (broad SMARTS) is 1. The molecule has 1 aromatic carbocycles. The Balaban J connectivity index is 2.60. The summed E-state index contributed by atoms with van der Waals surface area (Å²) in [4.78, 5) is 12.3. The lowest BCUT2D eigenvalue weighted by Crippen LogP contribution is -2.32. The first-order valence-corrected chi connectivity index (χ1v) is 5.41. The van der Waals surface area contributed by atoms with Crippen LogP contribution in [0.15, 0.2) is 35.5 Å². The van der Waals surface area contributed by atoms with E-state index >= 15 is 0 Å². The van der Waals surface area contributed by atoms with Crippen molar-refractivity contribution in [3.05, 3.63) is 41.0 Å². The van der Waals surface area contributed by atoms with Crippen molar-refractivity contribution in [3.63, 3.8) is 0 Å². The van der Waals surface area contributed by atoms with Crippen LogP contribution >= 0.6 is 0 Å². The largest absolute Gasteiger partial charge is 0.480 e. The molecule has 0 unspecified atom stereocenters. The van der Waals surface area contributed by atoms with Gasteiger partial charge in [0.15, 0.2) is 16.3 Å². The quantitative estimate of drug-likeness (QED) is 0.579. The van der Waals surface area contributed by atoms with E-state index < -0.39 is 12.0 Å². The molecule has 0 heterocycles. The summed E-state index contributed by atoms with van der Waals surface area (Å²) in [5, 5.41) is 8.65. The Morgan fingerprint density at radius 3 is 2.62 bits per heavy atom. The van der Waals surface area contributed by atoms with Crippen molar-refractivity contribution in [1.82, 2.24) is 0 Å². The maximum absolute atomic E-state index is 10.6. The molecule has 0 aliphatic heterocycles. The highest BCUT2D eigenvalue weighted by atomic mass is 27.0. The van der Waals surface area contributed by atoms with Crippen LogP contribution < -0.4 is 10.5 Å². The normalized spacial score (nSPS) is 12.6. The van der Waals surface area contributed by atoms with Crippen molar-refractivity contribution < 1.29 is 14.6 Å². The molecule has 0 amide bonds. The van der Waals surface area contributed by atoms with Crippen molar-refractivity contribution in [2.75, 3.05) is 0 Å². The summed E-state index contributed by atoms with van der Waals surface area (Å²) >= 11 is 2.40. The van der Waals surface area contributed by atoms with Crippen LogP contribution in [0.1, 0.15) is 5.56 Å². The first-order chi connectivity index (χ1) is 7.63. The third-order valence-corrected chi connectivity index (χ3v) is 2.14.